The molecule has 0 bridgehead atoms. The Labute approximate surface area is 153 Å². The van der Waals surface area contributed by atoms with E-state index in [-0.39, 0.29) is 11.9 Å². The third-order valence-electron chi connectivity index (χ3n) is 4.38. The molecule has 0 unspecified atom stereocenters. The van der Waals surface area contributed by atoms with Crippen LogP contribution >= 0.6 is 11.8 Å². The Balaban J connectivity index is 1.70. The van der Waals surface area contributed by atoms with Crippen LogP contribution in [-0.2, 0) is 9.53 Å². The number of morpholine rings is 1. The van der Waals surface area contributed by atoms with E-state index in [2.05, 4.69) is 22.5 Å². The highest BCUT2D eigenvalue weighted by Crippen LogP contribution is 2.23. The molecule has 5 nitrogen and oxygen atoms in total. The number of anilines is 2. The summed E-state index contributed by atoms with van der Waals surface area (Å²) in [6, 6.07) is 11.8. The highest BCUT2D eigenvalue weighted by Gasteiger charge is 2.20. The molecule has 2 aromatic rings. The first-order valence-electron chi connectivity index (χ1n) is 8.63. The van der Waals surface area contributed by atoms with Crippen LogP contribution < -0.4 is 10.2 Å². The van der Waals surface area contributed by atoms with Crippen LogP contribution in [0.25, 0.3) is 0 Å². The zero-order chi connectivity index (χ0) is 17.5. The molecule has 3 rings (SSSR count). The third kappa shape index (κ3) is 4.80. The van der Waals surface area contributed by atoms with Crippen LogP contribution in [0.15, 0.2) is 48.8 Å². The molecule has 25 heavy (non-hydrogen) atoms. The van der Waals surface area contributed by atoms with E-state index in [0.717, 1.165) is 49.9 Å². The first-order chi connectivity index (χ1) is 12.3. The lowest BCUT2D eigenvalue weighted by atomic mass is 10.2. The summed E-state index contributed by atoms with van der Waals surface area (Å²) in [4.78, 5) is 15.1. The van der Waals surface area contributed by atoms with Gasteiger partial charge in [0.25, 0.3) is 0 Å². The average Bonchev–Trinajstić information content (AvgIpc) is 3.17. The molecule has 0 radical (unpaired) electrons. The van der Waals surface area contributed by atoms with Crippen LogP contribution in [0.2, 0.25) is 0 Å². The van der Waals surface area contributed by atoms with Crippen molar-refractivity contribution in [3.05, 3.63) is 48.8 Å². The van der Waals surface area contributed by atoms with Crippen LogP contribution in [0.1, 0.15) is 12.5 Å². The third-order valence-corrected chi connectivity index (χ3v) is 5.02. The summed E-state index contributed by atoms with van der Waals surface area (Å²) in [7, 11) is 0. The van der Waals surface area contributed by atoms with E-state index in [1.54, 1.807) is 11.8 Å². The molecule has 1 N–H and O–H groups in total. The van der Waals surface area contributed by atoms with Gasteiger partial charge >= 0.3 is 0 Å². The zero-order valence-electron chi connectivity index (χ0n) is 14.6. The normalized spacial score (nSPS) is 15.8. The summed E-state index contributed by atoms with van der Waals surface area (Å²) in [6.45, 7) is 3.27. The lowest BCUT2D eigenvalue weighted by Gasteiger charge is -2.29. The van der Waals surface area contributed by atoms with Gasteiger partial charge in [0.2, 0.25) is 5.91 Å². The lowest BCUT2D eigenvalue weighted by molar-refractivity contribution is -0.119. The van der Waals surface area contributed by atoms with Crippen molar-refractivity contribution in [2.75, 3.05) is 48.5 Å². The van der Waals surface area contributed by atoms with Crippen molar-refractivity contribution in [2.45, 2.75) is 12.5 Å². The number of rotatable bonds is 7. The van der Waals surface area contributed by atoms with Gasteiger partial charge in [-0.05, 0) is 48.8 Å². The molecule has 1 fully saturated rings. The average molecular weight is 359 g/mol. The number of ether oxygens (including phenoxy) is 1. The number of nitrogens with zero attached hydrogens (tertiary/aromatic N) is 2. The monoisotopic (exact) mass is 359 g/mol. The number of carbonyl (C=O) groups excluding carboxylic acids is 1. The van der Waals surface area contributed by atoms with Gasteiger partial charge in [-0.15, -0.1) is 0 Å². The number of nitrogens with one attached hydrogen (secondary N) is 1. The van der Waals surface area contributed by atoms with Gasteiger partial charge in [-0.3, -0.25) is 4.79 Å². The van der Waals surface area contributed by atoms with Gasteiger partial charge in [0.1, 0.15) is 6.04 Å². The van der Waals surface area contributed by atoms with E-state index < -0.39 is 0 Å². The Morgan fingerprint density at radius 1 is 1.24 bits per heavy atom. The summed E-state index contributed by atoms with van der Waals surface area (Å²) in [6.07, 6.45) is 6.78. The molecule has 0 saturated carbocycles. The molecular weight excluding hydrogens is 334 g/mol. The van der Waals surface area contributed by atoms with E-state index in [1.807, 2.05) is 47.3 Å². The predicted molar refractivity (Wildman–Crippen MR) is 105 cm³/mol. The van der Waals surface area contributed by atoms with Crippen LogP contribution in [0, 0.1) is 0 Å². The standard InChI is InChI=1S/C19H25N3O2S/c1-25-14-7-18(22-8-2-3-9-22)19(23)20-16-5-4-6-17(15-16)21-10-12-24-13-11-21/h2-6,8-9,15,18H,7,10-14H2,1H3,(H,20,23)/t18-/m1/s1. The van der Waals surface area contributed by atoms with E-state index in [4.69, 9.17) is 4.74 Å². The van der Waals surface area contributed by atoms with Crippen molar-refractivity contribution in [1.82, 2.24) is 4.57 Å². The molecule has 1 atom stereocenters. The Bertz CT molecular complexity index is 669. The molecule has 6 heteroatoms. The molecule has 0 spiro atoms. The minimum Gasteiger partial charge on any atom is -0.378 e. The van der Waals surface area contributed by atoms with Gasteiger partial charge in [-0.25, -0.2) is 0 Å². The molecule has 1 aromatic carbocycles. The molecule has 1 aliphatic heterocycles. The van der Waals surface area contributed by atoms with Crippen molar-refractivity contribution >= 4 is 29.0 Å². The molecule has 1 aliphatic rings. The second kappa shape index (κ2) is 8.97. The number of hydrogen-bond donors (Lipinski definition) is 1. The quantitative estimate of drug-likeness (QED) is 0.824. The van der Waals surface area contributed by atoms with E-state index in [9.17, 15) is 4.79 Å². The van der Waals surface area contributed by atoms with Gasteiger partial charge < -0.3 is 19.5 Å². The minimum atomic E-state index is -0.186. The fourth-order valence-corrected chi connectivity index (χ4v) is 3.49. The van der Waals surface area contributed by atoms with Crippen LogP contribution in [0.4, 0.5) is 11.4 Å². The highest BCUT2D eigenvalue weighted by atomic mass is 32.2. The molecule has 1 aromatic heterocycles. The van der Waals surface area contributed by atoms with Crippen molar-refractivity contribution < 1.29 is 9.53 Å². The van der Waals surface area contributed by atoms with Crippen molar-refractivity contribution in [3.8, 4) is 0 Å². The number of thioether (sulfide) groups is 1. The van der Waals surface area contributed by atoms with Gasteiger partial charge in [0, 0.05) is 36.9 Å². The number of amides is 1. The smallest absolute Gasteiger partial charge is 0.247 e. The van der Waals surface area contributed by atoms with Gasteiger partial charge in [0.05, 0.1) is 13.2 Å². The second-order valence-corrected chi connectivity index (χ2v) is 7.05. The molecule has 2 heterocycles. The number of carbonyl (C=O) groups is 1. The number of aromatic nitrogens is 1. The molecule has 1 amide bonds. The van der Waals surface area contributed by atoms with Gasteiger partial charge in [-0.1, -0.05) is 6.07 Å². The largest absolute Gasteiger partial charge is 0.378 e. The van der Waals surface area contributed by atoms with Crippen molar-refractivity contribution in [2.24, 2.45) is 0 Å². The fraction of sp³-hybridized carbons (Fsp3) is 0.421. The second-order valence-electron chi connectivity index (χ2n) is 6.07. The summed E-state index contributed by atoms with van der Waals surface area (Å²) in [5, 5.41) is 3.09. The fourth-order valence-electron chi connectivity index (χ4n) is 3.03. The highest BCUT2D eigenvalue weighted by molar-refractivity contribution is 7.98. The predicted octanol–water partition coefficient (Wildman–Crippen LogP) is 3.26. The van der Waals surface area contributed by atoms with Crippen molar-refractivity contribution in [3.63, 3.8) is 0 Å². The van der Waals surface area contributed by atoms with Gasteiger partial charge in [-0.2, -0.15) is 11.8 Å². The molecule has 134 valence electrons. The topological polar surface area (TPSA) is 46.5 Å². The first kappa shape index (κ1) is 17.9. The Hall–Kier alpha value is -1.92. The van der Waals surface area contributed by atoms with Crippen LogP contribution in [0.3, 0.4) is 0 Å². The number of benzene rings is 1. The number of hydrogen-bond acceptors (Lipinski definition) is 4. The van der Waals surface area contributed by atoms with Crippen molar-refractivity contribution in [1.29, 1.82) is 0 Å². The maximum Gasteiger partial charge on any atom is 0.247 e. The summed E-state index contributed by atoms with van der Waals surface area (Å²) >= 11 is 1.76. The molecular formula is C19H25N3O2S. The van der Waals surface area contributed by atoms with E-state index in [1.165, 1.54) is 0 Å². The Morgan fingerprint density at radius 2 is 2.00 bits per heavy atom. The van der Waals surface area contributed by atoms with E-state index >= 15 is 0 Å². The summed E-state index contributed by atoms with van der Waals surface area (Å²) < 4.78 is 7.39. The Kier molecular flexibility index (Phi) is 6.42. The zero-order valence-corrected chi connectivity index (χ0v) is 15.4. The van der Waals surface area contributed by atoms with Crippen LogP contribution in [-0.4, -0.2) is 48.8 Å². The maximum atomic E-state index is 12.8. The Morgan fingerprint density at radius 3 is 2.72 bits per heavy atom. The summed E-state index contributed by atoms with van der Waals surface area (Å²) in [5.41, 5.74) is 1.97. The lowest BCUT2D eigenvalue weighted by Crippen LogP contribution is -2.36. The van der Waals surface area contributed by atoms with Gasteiger partial charge in [0.15, 0.2) is 0 Å². The first-order valence-corrected chi connectivity index (χ1v) is 10.0. The van der Waals surface area contributed by atoms with E-state index in [0.29, 0.717) is 0 Å². The maximum absolute atomic E-state index is 12.8. The molecule has 1 saturated heterocycles. The molecule has 0 aliphatic carbocycles. The minimum absolute atomic E-state index is 0.0318. The van der Waals surface area contributed by atoms with Crippen LogP contribution in [0.5, 0.6) is 0 Å². The summed E-state index contributed by atoms with van der Waals surface area (Å²) in [5.74, 6) is 0.980. The SMILES string of the molecule is CSCC[C@H](C(=O)Nc1cccc(N2CCOCC2)c1)n1cccc1.